The first-order chi connectivity index (χ1) is 8.63. The molecule has 4 nitrogen and oxygen atoms in total. The van der Waals surface area contributed by atoms with Crippen LogP contribution in [0.4, 0.5) is 0 Å². The minimum Gasteiger partial charge on any atom is -0.464 e. The maximum Gasteiger partial charge on any atom is 0.179 e. The summed E-state index contributed by atoms with van der Waals surface area (Å²) in [6.45, 7) is 2.47. The van der Waals surface area contributed by atoms with Gasteiger partial charge in [0.2, 0.25) is 0 Å². The minimum atomic E-state index is 0.557. The molecule has 3 rings (SSSR count). The van der Waals surface area contributed by atoms with E-state index >= 15 is 0 Å². The number of hydrogen-bond acceptors (Lipinski definition) is 3. The molecule has 0 aromatic carbocycles. The van der Waals surface area contributed by atoms with E-state index in [1.54, 1.807) is 6.20 Å². The number of nitrogens with zero attached hydrogens (tertiary/aromatic N) is 2. The summed E-state index contributed by atoms with van der Waals surface area (Å²) in [7, 11) is 0. The fourth-order valence-electron chi connectivity index (χ4n) is 1.89. The van der Waals surface area contributed by atoms with Gasteiger partial charge in [-0.2, -0.15) is 0 Å². The molecule has 0 bridgehead atoms. The van der Waals surface area contributed by atoms with Crippen LogP contribution in [0.5, 0.6) is 0 Å². The number of aromatic amines is 1. The van der Waals surface area contributed by atoms with Gasteiger partial charge in [0.25, 0.3) is 0 Å². The van der Waals surface area contributed by atoms with Crippen molar-refractivity contribution >= 4 is 35.0 Å². The molecule has 0 radical (unpaired) electrons. The molecule has 0 aliphatic rings. The van der Waals surface area contributed by atoms with Crippen molar-refractivity contribution in [1.29, 1.82) is 0 Å². The van der Waals surface area contributed by atoms with Crippen LogP contribution in [0.25, 0.3) is 11.2 Å². The lowest BCUT2D eigenvalue weighted by Crippen LogP contribution is -1.99. The molecule has 6 heteroatoms. The molecular formula is C12H10ClN3OS. The highest BCUT2D eigenvalue weighted by molar-refractivity contribution is 7.71. The van der Waals surface area contributed by atoms with Crippen molar-refractivity contribution in [2.45, 2.75) is 13.5 Å². The molecule has 0 atom stereocenters. The number of imidazole rings is 1. The van der Waals surface area contributed by atoms with Gasteiger partial charge in [0.15, 0.2) is 10.4 Å². The fraction of sp³-hybridized carbons (Fsp3) is 0.167. The molecule has 92 valence electrons. The smallest absolute Gasteiger partial charge is 0.179 e. The predicted molar refractivity (Wildman–Crippen MR) is 72.5 cm³/mol. The molecule has 0 amide bonds. The molecule has 3 aromatic rings. The van der Waals surface area contributed by atoms with Gasteiger partial charge < -0.3 is 9.40 Å². The summed E-state index contributed by atoms with van der Waals surface area (Å²) in [4.78, 5) is 7.38. The van der Waals surface area contributed by atoms with Crippen molar-refractivity contribution in [2.75, 3.05) is 0 Å². The second kappa shape index (κ2) is 4.26. The maximum absolute atomic E-state index is 5.90. The Morgan fingerprint density at radius 2 is 2.33 bits per heavy atom. The molecule has 0 aliphatic heterocycles. The van der Waals surface area contributed by atoms with E-state index in [1.165, 1.54) is 0 Å². The maximum atomic E-state index is 5.90. The summed E-state index contributed by atoms with van der Waals surface area (Å²) < 4.78 is 8.04. The van der Waals surface area contributed by atoms with E-state index < -0.39 is 0 Å². The highest BCUT2D eigenvalue weighted by atomic mass is 35.5. The predicted octanol–water partition coefficient (Wildman–Crippen LogP) is 3.70. The average Bonchev–Trinajstić information content (AvgIpc) is 2.84. The number of hydrogen-bond donors (Lipinski definition) is 1. The summed E-state index contributed by atoms with van der Waals surface area (Å²) in [5, 5.41) is 0.583. The lowest BCUT2D eigenvalue weighted by atomic mass is 10.4. The number of rotatable bonds is 2. The van der Waals surface area contributed by atoms with Crippen molar-refractivity contribution in [3.05, 3.63) is 45.7 Å². The highest BCUT2D eigenvalue weighted by Gasteiger charge is 2.08. The zero-order chi connectivity index (χ0) is 12.7. The second-order valence-electron chi connectivity index (χ2n) is 4.05. The summed E-state index contributed by atoms with van der Waals surface area (Å²) in [6.07, 6.45) is 1.61. The van der Waals surface area contributed by atoms with Gasteiger partial charge in [-0.15, -0.1) is 0 Å². The number of H-pyrrole nitrogens is 1. The first-order valence-corrected chi connectivity index (χ1v) is 6.21. The van der Waals surface area contributed by atoms with Gasteiger partial charge >= 0.3 is 0 Å². The zero-order valence-electron chi connectivity index (χ0n) is 9.61. The number of halogens is 1. The first kappa shape index (κ1) is 11.5. The molecule has 18 heavy (non-hydrogen) atoms. The Labute approximate surface area is 113 Å². The molecule has 0 saturated heterocycles. The summed E-state index contributed by atoms with van der Waals surface area (Å²) in [5.41, 5.74) is 1.61. The van der Waals surface area contributed by atoms with E-state index in [-0.39, 0.29) is 0 Å². The molecule has 0 spiro atoms. The molecule has 0 fully saturated rings. The number of fused-ring (bicyclic) bond motifs is 1. The molecule has 0 saturated carbocycles. The average molecular weight is 280 g/mol. The Kier molecular flexibility index (Phi) is 2.72. The molecule has 3 aromatic heterocycles. The van der Waals surface area contributed by atoms with Gasteiger partial charge in [0.05, 0.1) is 17.1 Å². The third kappa shape index (κ3) is 1.95. The summed E-state index contributed by atoms with van der Waals surface area (Å²) >= 11 is 11.2. The Morgan fingerprint density at radius 3 is 3.06 bits per heavy atom. The molecule has 1 N–H and O–H groups in total. The van der Waals surface area contributed by atoms with Gasteiger partial charge in [-0.3, -0.25) is 4.57 Å². The van der Waals surface area contributed by atoms with Gasteiger partial charge in [-0.25, -0.2) is 4.98 Å². The normalized spacial score (nSPS) is 11.2. The SMILES string of the molecule is Cc1ccc(Cn2c(=S)[nH]c3cc(Cl)cnc32)o1. The lowest BCUT2D eigenvalue weighted by Gasteiger charge is -2.00. The van der Waals surface area contributed by atoms with Crippen molar-refractivity contribution in [2.24, 2.45) is 0 Å². The third-order valence-corrected chi connectivity index (χ3v) is 3.21. The van der Waals surface area contributed by atoms with Gasteiger partial charge in [-0.05, 0) is 37.3 Å². The second-order valence-corrected chi connectivity index (χ2v) is 4.88. The Morgan fingerprint density at radius 1 is 1.50 bits per heavy atom. The van der Waals surface area contributed by atoms with Crippen LogP contribution < -0.4 is 0 Å². The van der Waals surface area contributed by atoms with E-state index in [1.807, 2.05) is 29.7 Å². The Bertz CT molecular complexity index is 771. The quantitative estimate of drug-likeness (QED) is 0.728. The molecular weight excluding hydrogens is 270 g/mol. The number of nitrogens with one attached hydrogen (secondary N) is 1. The third-order valence-electron chi connectivity index (χ3n) is 2.69. The number of aryl methyl sites for hydroxylation is 1. The highest BCUT2D eigenvalue weighted by Crippen LogP contribution is 2.18. The van der Waals surface area contributed by atoms with Crippen LogP contribution in [0, 0.1) is 11.7 Å². The van der Waals surface area contributed by atoms with Crippen LogP contribution in [0.15, 0.2) is 28.8 Å². The van der Waals surface area contributed by atoms with E-state index in [9.17, 15) is 0 Å². The first-order valence-electron chi connectivity index (χ1n) is 5.43. The summed E-state index contributed by atoms with van der Waals surface area (Å²) in [6, 6.07) is 5.67. The summed E-state index contributed by atoms with van der Waals surface area (Å²) in [5.74, 6) is 1.73. The monoisotopic (exact) mass is 279 g/mol. The van der Waals surface area contributed by atoms with Crippen LogP contribution in [-0.2, 0) is 6.54 Å². The zero-order valence-corrected chi connectivity index (χ0v) is 11.2. The molecule has 3 heterocycles. The van der Waals surface area contributed by atoms with Gasteiger partial charge in [0.1, 0.15) is 11.5 Å². The topological polar surface area (TPSA) is 46.8 Å². The Hall–Kier alpha value is -1.59. The van der Waals surface area contributed by atoms with Crippen LogP contribution in [-0.4, -0.2) is 14.5 Å². The van der Waals surface area contributed by atoms with Crippen LogP contribution in [0.2, 0.25) is 5.02 Å². The lowest BCUT2D eigenvalue weighted by molar-refractivity contribution is 0.471. The van der Waals surface area contributed by atoms with Crippen molar-refractivity contribution in [3.63, 3.8) is 0 Å². The van der Waals surface area contributed by atoms with E-state index in [0.717, 1.165) is 22.7 Å². The standard InChI is InChI=1S/C12H10ClN3OS/c1-7-2-3-9(17-7)6-16-11-10(15-12(16)18)4-8(13)5-14-11/h2-5H,6H2,1H3,(H,15,18). The number of furan rings is 1. The van der Waals surface area contributed by atoms with Gasteiger partial charge in [-0.1, -0.05) is 11.6 Å². The van der Waals surface area contributed by atoms with Crippen molar-refractivity contribution < 1.29 is 4.42 Å². The largest absolute Gasteiger partial charge is 0.464 e. The fourth-order valence-corrected chi connectivity index (χ4v) is 2.31. The Balaban J connectivity index is 2.11. The van der Waals surface area contributed by atoms with Crippen LogP contribution >= 0.6 is 23.8 Å². The van der Waals surface area contributed by atoms with Crippen LogP contribution in [0.3, 0.4) is 0 Å². The minimum absolute atomic E-state index is 0.557. The van der Waals surface area contributed by atoms with Gasteiger partial charge in [0, 0.05) is 6.20 Å². The molecule has 0 aliphatic carbocycles. The van der Waals surface area contributed by atoms with E-state index in [4.69, 9.17) is 28.2 Å². The van der Waals surface area contributed by atoms with Crippen molar-refractivity contribution in [1.82, 2.24) is 14.5 Å². The van der Waals surface area contributed by atoms with E-state index in [2.05, 4.69) is 9.97 Å². The van der Waals surface area contributed by atoms with E-state index in [0.29, 0.717) is 16.3 Å². The number of aromatic nitrogens is 3. The van der Waals surface area contributed by atoms with Crippen molar-refractivity contribution in [3.8, 4) is 0 Å². The molecule has 0 unspecified atom stereocenters. The number of pyridine rings is 1. The van der Waals surface area contributed by atoms with Crippen LogP contribution in [0.1, 0.15) is 11.5 Å².